The van der Waals surface area contributed by atoms with Crippen molar-refractivity contribution in [2.75, 3.05) is 18.8 Å². The quantitative estimate of drug-likeness (QED) is 0.789. The normalized spacial score (nSPS) is 19.0. The molecule has 6 nitrogen and oxygen atoms in total. The molecule has 0 radical (unpaired) electrons. The van der Waals surface area contributed by atoms with Crippen molar-refractivity contribution >= 4 is 47.3 Å². The minimum atomic E-state index is -3.55. The molecule has 1 aliphatic rings. The van der Waals surface area contributed by atoms with Crippen LogP contribution < -0.4 is 4.72 Å². The van der Waals surface area contributed by atoms with Gasteiger partial charge in [-0.25, -0.2) is 25.9 Å². The summed E-state index contributed by atoms with van der Waals surface area (Å²) < 4.78 is 52.9. The molecule has 2 rings (SSSR count). The highest BCUT2D eigenvalue weighted by molar-refractivity contribution is 9.10. The molecule has 0 unspecified atom stereocenters. The average Bonchev–Trinajstić information content (AvgIpc) is 2.86. The van der Waals surface area contributed by atoms with Crippen molar-refractivity contribution < 1.29 is 16.8 Å². The lowest BCUT2D eigenvalue weighted by Crippen LogP contribution is -2.46. The first-order chi connectivity index (χ1) is 9.76. The largest absolute Gasteiger partial charge is 0.251 e. The van der Waals surface area contributed by atoms with Gasteiger partial charge in [0.15, 0.2) is 0 Å². The van der Waals surface area contributed by atoms with Gasteiger partial charge in [0.25, 0.3) is 10.0 Å². The Morgan fingerprint density at radius 3 is 2.43 bits per heavy atom. The van der Waals surface area contributed by atoms with Crippen LogP contribution in [0.2, 0.25) is 0 Å². The molecular weight excluding hydrogens is 400 g/mol. The van der Waals surface area contributed by atoms with E-state index in [1.807, 2.05) is 0 Å². The number of halogens is 1. The van der Waals surface area contributed by atoms with Crippen LogP contribution in [-0.2, 0) is 20.0 Å². The summed E-state index contributed by atoms with van der Waals surface area (Å²) in [6.07, 6.45) is 0.975. The highest BCUT2D eigenvalue weighted by Crippen LogP contribution is 2.28. The Morgan fingerprint density at radius 1 is 1.33 bits per heavy atom. The van der Waals surface area contributed by atoms with E-state index in [4.69, 9.17) is 0 Å². The molecule has 21 heavy (non-hydrogen) atoms. The second-order valence-electron chi connectivity index (χ2n) is 4.75. The van der Waals surface area contributed by atoms with Crippen LogP contribution in [0.15, 0.2) is 20.1 Å². The van der Waals surface area contributed by atoms with Gasteiger partial charge in [-0.15, -0.1) is 11.3 Å². The smallest absolute Gasteiger partial charge is 0.212 e. The lowest BCUT2D eigenvalue weighted by Gasteiger charge is -2.31. The lowest BCUT2D eigenvalue weighted by molar-refractivity contribution is 0.309. The fourth-order valence-electron chi connectivity index (χ4n) is 2.18. The lowest BCUT2D eigenvalue weighted by atomic mass is 10.1. The van der Waals surface area contributed by atoms with E-state index in [0.29, 0.717) is 30.4 Å². The van der Waals surface area contributed by atoms with Gasteiger partial charge in [-0.3, -0.25) is 0 Å². The summed E-state index contributed by atoms with van der Waals surface area (Å²) in [5, 5.41) is 1.70. The zero-order valence-electron chi connectivity index (χ0n) is 11.5. The van der Waals surface area contributed by atoms with E-state index in [1.54, 1.807) is 18.4 Å². The molecule has 0 amide bonds. The molecule has 1 saturated heterocycles. The van der Waals surface area contributed by atoms with Gasteiger partial charge in [-0.2, -0.15) is 0 Å². The summed E-state index contributed by atoms with van der Waals surface area (Å²) in [4.78, 5) is 0. The third kappa shape index (κ3) is 4.05. The number of hydrogen-bond donors (Lipinski definition) is 1. The van der Waals surface area contributed by atoms with Crippen molar-refractivity contribution in [1.29, 1.82) is 0 Å². The van der Waals surface area contributed by atoms with Crippen molar-refractivity contribution in [3.05, 3.63) is 15.9 Å². The monoisotopic (exact) mass is 416 g/mol. The Labute approximate surface area is 137 Å². The van der Waals surface area contributed by atoms with Crippen LogP contribution in [0.4, 0.5) is 0 Å². The molecule has 0 atom stereocenters. The summed E-state index contributed by atoms with van der Waals surface area (Å²) in [5.74, 6) is 0.0749. The van der Waals surface area contributed by atoms with E-state index in [-0.39, 0.29) is 16.0 Å². The number of nitrogens with one attached hydrogen (secondary N) is 1. The molecule has 0 bridgehead atoms. The SMILES string of the molecule is CCS(=O)(=O)N1CCC(NS(=O)(=O)c2sccc2Br)CC1. The van der Waals surface area contributed by atoms with Gasteiger partial charge in [-0.05, 0) is 47.1 Å². The number of piperidine rings is 1. The van der Waals surface area contributed by atoms with Gasteiger partial charge in [0.2, 0.25) is 10.0 Å². The molecule has 0 aliphatic carbocycles. The zero-order chi connectivity index (χ0) is 15.7. The van der Waals surface area contributed by atoms with Gasteiger partial charge in [0.05, 0.1) is 5.75 Å². The van der Waals surface area contributed by atoms with E-state index in [9.17, 15) is 16.8 Å². The van der Waals surface area contributed by atoms with Gasteiger partial charge in [0, 0.05) is 23.6 Å². The average molecular weight is 417 g/mol. The van der Waals surface area contributed by atoms with E-state index < -0.39 is 20.0 Å². The number of hydrogen-bond acceptors (Lipinski definition) is 5. The summed E-state index contributed by atoms with van der Waals surface area (Å²) in [5.41, 5.74) is 0. The molecule has 2 heterocycles. The Kier molecular flexibility index (Phi) is 5.48. The van der Waals surface area contributed by atoms with Crippen LogP contribution in [0.3, 0.4) is 0 Å². The Balaban J connectivity index is 2.00. The van der Waals surface area contributed by atoms with Crippen molar-refractivity contribution in [3.8, 4) is 0 Å². The van der Waals surface area contributed by atoms with Gasteiger partial charge in [-0.1, -0.05) is 0 Å². The molecular formula is C11H17BrN2O4S3. The maximum Gasteiger partial charge on any atom is 0.251 e. The van der Waals surface area contributed by atoms with E-state index in [0.717, 1.165) is 11.3 Å². The van der Waals surface area contributed by atoms with Crippen LogP contribution in [0.1, 0.15) is 19.8 Å². The maximum atomic E-state index is 12.3. The fraction of sp³-hybridized carbons (Fsp3) is 0.636. The second kappa shape index (κ2) is 6.63. The summed E-state index contributed by atoms with van der Waals surface area (Å²) in [7, 11) is -6.74. The minimum absolute atomic E-state index is 0.0749. The van der Waals surface area contributed by atoms with E-state index in [2.05, 4.69) is 20.7 Å². The standard InChI is InChI=1S/C11H17BrN2O4S3/c1-2-20(15,16)14-6-3-9(4-7-14)13-21(17,18)11-10(12)5-8-19-11/h5,8-9,13H,2-4,6-7H2,1H3. The summed E-state index contributed by atoms with van der Waals surface area (Å²) in [6.45, 7) is 2.32. The summed E-state index contributed by atoms with van der Waals surface area (Å²) in [6, 6.07) is 1.46. The highest BCUT2D eigenvalue weighted by atomic mass is 79.9. The Bertz CT molecular complexity index is 691. The van der Waals surface area contributed by atoms with Crippen LogP contribution in [0.25, 0.3) is 0 Å². The van der Waals surface area contributed by atoms with E-state index >= 15 is 0 Å². The third-order valence-corrected chi connectivity index (χ3v) is 9.43. The maximum absolute atomic E-state index is 12.3. The third-order valence-electron chi connectivity index (χ3n) is 3.36. The summed E-state index contributed by atoms with van der Waals surface area (Å²) >= 11 is 4.37. The van der Waals surface area contributed by atoms with Crippen molar-refractivity contribution in [3.63, 3.8) is 0 Å². The zero-order valence-corrected chi connectivity index (χ0v) is 15.5. The molecule has 1 aliphatic heterocycles. The van der Waals surface area contributed by atoms with Gasteiger partial charge < -0.3 is 0 Å². The number of nitrogens with zero attached hydrogens (tertiary/aromatic N) is 1. The molecule has 1 aromatic rings. The molecule has 1 N–H and O–H groups in total. The van der Waals surface area contributed by atoms with Crippen molar-refractivity contribution in [2.24, 2.45) is 0 Å². The molecule has 0 spiro atoms. The molecule has 10 heteroatoms. The first kappa shape index (κ1) is 17.4. The Morgan fingerprint density at radius 2 is 1.95 bits per heavy atom. The fourth-order valence-corrected chi connectivity index (χ4v) is 6.97. The van der Waals surface area contributed by atoms with Crippen LogP contribution >= 0.6 is 27.3 Å². The van der Waals surface area contributed by atoms with Crippen LogP contribution in [0, 0.1) is 0 Å². The Hall–Kier alpha value is -0.000000000000000111. The minimum Gasteiger partial charge on any atom is -0.212 e. The molecule has 120 valence electrons. The van der Waals surface area contributed by atoms with Gasteiger partial charge >= 0.3 is 0 Å². The molecule has 1 aromatic heterocycles. The highest BCUT2D eigenvalue weighted by Gasteiger charge is 2.30. The predicted octanol–water partition coefficient (Wildman–Crippen LogP) is 1.60. The van der Waals surface area contributed by atoms with Crippen molar-refractivity contribution in [2.45, 2.75) is 30.0 Å². The first-order valence-corrected chi connectivity index (χ1v) is 11.3. The predicted molar refractivity (Wildman–Crippen MR) is 86.4 cm³/mol. The second-order valence-corrected chi connectivity index (χ2v) is 10.7. The van der Waals surface area contributed by atoms with Gasteiger partial charge in [0.1, 0.15) is 4.21 Å². The van der Waals surface area contributed by atoms with Crippen LogP contribution in [-0.4, -0.2) is 46.0 Å². The molecule has 1 fully saturated rings. The van der Waals surface area contributed by atoms with E-state index in [1.165, 1.54) is 4.31 Å². The van der Waals surface area contributed by atoms with Crippen LogP contribution in [0.5, 0.6) is 0 Å². The number of rotatable bonds is 5. The van der Waals surface area contributed by atoms with Crippen molar-refractivity contribution in [1.82, 2.24) is 9.03 Å². The number of sulfonamides is 2. The molecule has 0 saturated carbocycles. The topological polar surface area (TPSA) is 83.6 Å². The molecule has 0 aromatic carbocycles. The first-order valence-electron chi connectivity index (χ1n) is 6.49. The number of thiophene rings is 1.